The van der Waals surface area contributed by atoms with Gasteiger partial charge in [-0.15, -0.1) is 0 Å². The summed E-state index contributed by atoms with van der Waals surface area (Å²) < 4.78 is 5.32. The Labute approximate surface area is 84.5 Å². The summed E-state index contributed by atoms with van der Waals surface area (Å²) in [5.74, 6) is 0. The SMILES string of the molecule is CCNCC1(c2cccnc2)COC1. The molecule has 2 rings (SSSR count). The summed E-state index contributed by atoms with van der Waals surface area (Å²) in [5, 5.41) is 3.38. The van der Waals surface area contributed by atoms with Crippen molar-refractivity contribution in [1.29, 1.82) is 0 Å². The van der Waals surface area contributed by atoms with E-state index >= 15 is 0 Å². The molecule has 14 heavy (non-hydrogen) atoms. The number of nitrogens with zero attached hydrogens (tertiary/aromatic N) is 1. The Morgan fingerprint density at radius 2 is 2.43 bits per heavy atom. The van der Waals surface area contributed by atoms with Crippen LogP contribution in [0.5, 0.6) is 0 Å². The summed E-state index contributed by atoms with van der Waals surface area (Å²) in [4.78, 5) is 4.16. The molecule has 1 N–H and O–H groups in total. The molecule has 1 aromatic heterocycles. The van der Waals surface area contributed by atoms with E-state index in [9.17, 15) is 0 Å². The average Bonchev–Trinajstić information content (AvgIpc) is 2.18. The molecule has 0 saturated carbocycles. The van der Waals surface area contributed by atoms with Crippen LogP contribution in [0.2, 0.25) is 0 Å². The lowest BCUT2D eigenvalue weighted by molar-refractivity contribution is -0.0589. The van der Waals surface area contributed by atoms with Crippen LogP contribution < -0.4 is 5.32 Å². The maximum Gasteiger partial charge on any atom is 0.0598 e. The van der Waals surface area contributed by atoms with E-state index in [1.807, 2.05) is 18.5 Å². The van der Waals surface area contributed by atoms with Crippen molar-refractivity contribution in [3.05, 3.63) is 30.1 Å². The lowest BCUT2D eigenvalue weighted by atomic mass is 9.79. The van der Waals surface area contributed by atoms with Crippen molar-refractivity contribution in [2.24, 2.45) is 0 Å². The summed E-state index contributed by atoms with van der Waals surface area (Å²) in [5.41, 5.74) is 1.46. The molecule has 3 nitrogen and oxygen atoms in total. The first-order valence-electron chi connectivity index (χ1n) is 5.06. The molecular weight excluding hydrogens is 176 g/mol. The fourth-order valence-corrected chi connectivity index (χ4v) is 1.76. The molecule has 1 aromatic rings. The van der Waals surface area contributed by atoms with E-state index in [2.05, 4.69) is 23.3 Å². The van der Waals surface area contributed by atoms with Gasteiger partial charge in [0.25, 0.3) is 0 Å². The number of nitrogens with one attached hydrogen (secondary N) is 1. The predicted octanol–water partition coefficient (Wildman–Crippen LogP) is 0.959. The van der Waals surface area contributed by atoms with Crippen LogP contribution in [0.1, 0.15) is 12.5 Å². The van der Waals surface area contributed by atoms with Crippen molar-refractivity contribution in [2.75, 3.05) is 26.3 Å². The number of aromatic nitrogens is 1. The van der Waals surface area contributed by atoms with Crippen LogP contribution >= 0.6 is 0 Å². The number of rotatable bonds is 4. The Hall–Kier alpha value is -0.930. The minimum atomic E-state index is 0.171. The molecule has 1 aliphatic rings. The number of hydrogen-bond acceptors (Lipinski definition) is 3. The second-order valence-corrected chi connectivity index (χ2v) is 3.80. The lowest BCUT2D eigenvalue weighted by Gasteiger charge is -2.41. The predicted molar refractivity (Wildman–Crippen MR) is 55.3 cm³/mol. The second-order valence-electron chi connectivity index (χ2n) is 3.80. The highest BCUT2D eigenvalue weighted by atomic mass is 16.5. The van der Waals surface area contributed by atoms with Crippen molar-refractivity contribution in [2.45, 2.75) is 12.3 Å². The third-order valence-electron chi connectivity index (χ3n) is 2.74. The zero-order valence-electron chi connectivity index (χ0n) is 8.49. The van der Waals surface area contributed by atoms with E-state index in [4.69, 9.17) is 4.74 Å². The number of ether oxygens (including phenoxy) is 1. The van der Waals surface area contributed by atoms with E-state index in [1.54, 1.807) is 0 Å². The van der Waals surface area contributed by atoms with Gasteiger partial charge in [-0.1, -0.05) is 13.0 Å². The summed E-state index contributed by atoms with van der Waals surface area (Å²) in [6, 6.07) is 4.12. The van der Waals surface area contributed by atoms with Gasteiger partial charge in [0.2, 0.25) is 0 Å². The monoisotopic (exact) mass is 192 g/mol. The molecule has 0 aromatic carbocycles. The van der Waals surface area contributed by atoms with E-state index < -0.39 is 0 Å². The molecule has 2 heterocycles. The number of pyridine rings is 1. The van der Waals surface area contributed by atoms with Gasteiger partial charge >= 0.3 is 0 Å². The Morgan fingerprint density at radius 3 is 2.93 bits per heavy atom. The summed E-state index contributed by atoms with van der Waals surface area (Å²) in [6.45, 7) is 5.73. The Morgan fingerprint density at radius 1 is 1.57 bits per heavy atom. The topological polar surface area (TPSA) is 34.2 Å². The van der Waals surface area contributed by atoms with Gasteiger partial charge in [-0.2, -0.15) is 0 Å². The van der Waals surface area contributed by atoms with Gasteiger partial charge in [0.1, 0.15) is 0 Å². The maximum absolute atomic E-state index is 5.32. The zero-order valence-corrected chi connectivity index (χ0v) is 8.49. The first-order chi connectivity index (χ1) is 6.87. The van der Waals surface area contributed by atoms with Crippen molar-refractivity contribution in [3.8, 4) is 0 Å². The number of likely N-dealkylation sites (N-methyl/N-ethyl adjacent to an activating group) is 1. The van der Waals surface area contributed by atoms with Gasteiger partial charge in [0.15, 0.2) is 0 Å². The van der Waals surface area contributed by atoms with Crippen LogP contribution in [0.15, 0.2) is 24.5 Å². The van der Waals surface area contributed by atoms with Crippen LogP contribution in [-0.2, 0) is 10.2 Å². The Balaban J connectivity index is 2.12. The van der Waals surface area contributed by atoms with Crippen LogP contribution in [-0.4, -0.2) is 31.3 Å². The lowest BCUT2D eigenvalue weighted by Crippen LogP contribution is -2.53. The van der Waals surface area contributed by atoms with E-state index in [0.717, 1.165) is 26.3 Å². The number of hydrogen-bond donors (Lipinski definition) is 1. The molecule has 3 heteroatoms. The van der Waals surface area contributed by atoms with Gasteiger partial charge in [0, 0.05) is 18.9 Å². The van der Waals surface area contributed by atoms with Gasteiger partial charge < -0.3 is 10.1 Å². The smallest absolute Gasteiger partial charge is 0.0598 e. The molecule has 1 aliphatic heterocycles. The molecule has 76 valence electrons. The van der Waals surface area contributed by atoms with Gasteiger partial charge in [-0.3, -0.25) is 4.98 Å². The van der Waals surface area contributed by atoms with Crippen molar-refractivity contribution >= 4 is 0 Å². The minimum Gasteiger partial charge on any atom is -0.379 e. The first kappa shape index (κ1) is 9.62. The molecule has 0 aliphatic carbocycles. The molecule has 1 saturated heterocycles. The first-order valence-corrected chi connectivity index (χ1v) is 5.06. The van der Waals surface area contributed by atoms with E-state index in [-0.39, 0.29) is 5.41 Å². The van der Waals surface area contributed by atoms with Crippen LogP contribution in [0.4, 0.5) is 0 Å². The summed E-state index contributed by atoms with van der Waals surface area (Å²) >= 11 is 0. The maximum atomic E-state index is 5.32. The van der Waals surface area contributed by atoms with Crippen LogP contribution in [0.25, 0.3) is 0 Å². The highest BCUT2D eigenvalue weighted by Crippen LogP contribution is 2.30. The average molecular weight is 192 g/mol. The molecule has 0 bridgehead atoms. The fourth-order valence-electron chi connectivity index (χ4n) is 1.76. The van der Waals surface area contributed by atoms with Gasteiger partial charge in [0.05, 0.1) is 18.6 Å². The highest BCUT2D eigenvalue weighted by Gasteiger charge is 2.39. The van der Waals surface area contributed by atoms with Crippen LogP contribution in [0.3, 0.4) is 0 Å². The molecular formula is C11H16N2O. The minimum absolute atomic E-state index is 0.171. The standard InChI is InChI=1S/C11H16N2O/c1-2-12-7-11(8-14-9-11)10-4-3-5-13-6-10/h3-6,12H,2,7-9H2,1H3. The fraction of sp³-hybridized carbons (Fsp3) is 0.545. The highest BCUT2D eigenvalue weighted by molar-refractivity contribution is 5.25. The Bertz CT molecular complexity index is 283. The molecule has 0 radical (unpaired) electrons. The quantitative estimate of drug-likeness (QED) is 0.771. The molecule has 0 amide bonds. The van der Waals surface area contributed by atoms with Gasteiger partial charge in [-0.25, -0.2) is 0 Å². The third kappa shape index (κ3) is 1.65. The van der Waals surface area contributed by atoms with E-state index in [1.165, 1.54) is 5.56 Å². The van der Waals surface area contributed by atoms with Crippen molar-refractivity contribution in [1.82, 2.24) is 10.3 Å². The molecule has 1 fully saturated rings. The Kier molecular flexibility index (Phi) is 2.79. The largest absolute Gasteiger partial charge is 0.379 e. The molecule has 0 atom stereocenters. The van der Waals surface area contributed by atoms with Crippen molar-refractivity contribution < 1.29 is 4.74 Å². The normalized spacial score (nSPS) is 18.9. The summed E-state index contributed by atoms with van der Waals surface area (Å²) in [7, 11) is 0. The molecule has 0 spiro atoms. The zero-order chi connectivity index (χ0) is 9.86. The van der Waals surface area contributed by atoms with Crippen LogP contribution in [0, 0.1) is 0 Å². The van der Waals surface area contributed by atoms with E-state index in [0.29, 0.717) is 0 Å². The van der Waals surface area contributed by atoms with Gasteiger partial charge in [-0.05, 0) is 18.2 Å². The second kappa shape index (κ2) is 4.07. The molecule has 0 unspecified atom stereocenters. The third-order valence-corrected chi connectivity index (χ3v) is 2.74. The van der Waals surface area contributed by atoms with Crippen molar-refractivity contribution in [3.63, 3.8) is 0 Å². The summed E-state index contributed by atoms with van der Waals surface area (Å²) in [6.07, 6.45) is 3.75.